The molecule has 0 aromatic carbocycles. The van der Waals surface area contributed by atoms with Crippen molar-refractivity contribution in [1.29, 1.82) is 0 Å². The lowest BCUT2D eigenvalue weighted by Crippen LogP contribution is -2.26. The Bertz CT molecular complexity index is 212. The zero-order valence-corrected chi connectivity index (χ0v) is 9.52. The molecule has 0 rings (SSSR count). The van der Waals surface area contributed by atoms with E-state index in [0.717, 1.165) is 19.4 Å². The molecule has 1 N–H and O–H groups in total. The van der Waals surface area contributed by atoms with Gasteiger partial charge in [-0.1, -0.05) is 0 Å². The summed E-state index contributed by atoms with van der Waals surface area (Å²) in [5, 5.41) is 0. The molecule has 0 spiro atoms. The van der Waals surface area contributed by atoms with Crippen LogP contribution in [0.2, 0.25) is 0 Å². The van der Waals surface area contributed by atoms with Crippen LogP contribution in [0.25, 0.3) is 0 Å². The third-order valence-electron chi connectivity index (χ3n) is 1.73. The quantitative estimate of drug-likeness (QED) is 0.611. The number of nitrogens with zero attached hydrogens (tertiary/aromatic N) is 1. The highest BCUT2D eigenvalue weighted by molar-refractivity contribution is 7.89. The van der Waals surface area contributed by atoms with E-state index in [1.165, 1.54) is 0 Å². The van der Waals surface area contributed by atoms with Crippen molar-refractivity contribution < 1.29 is 8.42 Å². The molecule has 0 heterocycles. The fourth-order valence-electron chi connectivity index (χ4n) is 0.883. The molecule has 0 amide bonds. The highest BCUT2D eigenvalue weighted by Crippen LogP contribution is 1.90. The summed E-state index contributed by atoms with van der Waals surface area (Å²) >= 11 is 0. The minimum absolute atomic E-state index is 0.167. The maximum atomic E-state index is 11.0. The monoisotopic (exact) mass is 208 g/mol. The summed E-state index contributed by atoms with van der Waals surface area (Å²) in [6, 6.07) is 0. The maximum Gasteiger partial charge on any atom is 0.211 e. The Labute approximate surface area is 81.4 Å². The van der Waals surface area contributed by atoms with Crippen LogP contribution in [-0.4, -0.2) is 46.3 Å². The third kappa shape index (κ3) is 8.21. The van der Waals surface area contributed by atoms with Crippen LogP contribution in [0.3, 0.4) is 0 Å². The van der Waals surface area contributed by atoms with Crippen LogP contribution in [0.4, 0.5) is 0 Å². The van der Waals surface area contributed by atoms with Crippen LogP contribution >= 0.6 is 0 Å². The van der Waals surface area contributed by atoms with Crippen molar-refractivity contribution in [2.24, 2.45) is 0 Å². The van der Waals surface area contributed by atoms with Gasteiger partial charge in [-0.25, -0.2) is 13.1 Å². The van der Waals surface area contributed by atoms with E-state index in [2.05, 4.69) is 9.62 Å². The molecule has 0 bridgehead atoms. The SMILES string of the molecule is CCS(=O)(=O)NCCCCN(C)C. The predicted molar refractivity (Wildman–Crippen MR) is 55.3 cm³/mol. The Hall–Kier alpha value is -0.130. The van der Waals surface area contributed by atoms with Crippen molar-refractivity contribution >= 4 is 10.0 Å². The molecule has 4 nitrogen and oxygen atoms in total. The normalized spacial score (nSPS) is 12.3. The summed E-state index contributed by atoms with van der Waals surface area (Å²) in [6.07, 6.45) is 1.93. The maximum absolute atomic E-state index is 11.0. The van der Waals surface area contributed by atoms with E-state index in [9.17, 15) is 8.42 Å². The van der Waals surface area contributed by atoms with Crippen molar-refractivity contribution in [2.45, 2.75) is 19.8 Å². The molecule has 5 heteroatoms. The zero-order chi connectivity index (χ0) is 10.3. The summed E-state index contributed by atoms with van der Waals surface area (Å²) in [7, 11) is 1.04. The first-order chi connectivity index (χ1) is 5.98. The largest absolute Gasteiger partial charge is 0.309 e. The van der Waals surface area contributed by atoms with Gasteiger partial charge in [-0.3, -0.25) is 0 Å². The van der Waals surface area contributed by atoms with Crippen molar-refractivity contribution in [2.75, 3.05) is 32.9 Å². The second-order valence-corrected chi connectivity index (χ2v) is 5.40. The first-order valence-corrected chi connectivity index (χ1v) is 6.25. The van der Waals surface area contributed by atoms with E-state index in [4.69, 9.17) is 0 Å². The number of sulfonamides is 1. The Kier molecular flexibility index (Phi) is 6.28. The van der Waals surface area contributed by atoms with Crippen LogP contribution in [0.1, 0.15) is 19.8 Å². The van der Waals surface area contributed by atoms with E-state index in [1.807, 2.05) is 14.1 Å². The summed E-state index contributed by atoms with van der Waals surface area (Å²) in [6.45, 7) is 3.21. The minimum atomic E-state index is -2.98. The minimum Gasteiger partial charge on any atom is -0.309 e. The van der Waals surface area contributed by atoms with E-state index in [1.54, 1.807) is 6.92 Å². The topological polar surface area (TPSA) is 49.4 Å². The van der Waals surface area contributed by atoms with E-state index >= 15 is 0 Å². The van der Waals surface area contributed by atoms with Gasteiger partial charge in [0.05, 0.1) is 5.75 Å². The average Bonchev–Trinajstić information content (AvgIpc) is 2.03. The Morgan fingerprint density at radius 3 is 2.31 bits per heavy atom. The first kappa shape index (κ1) is 12.9. The molecule has 0 saturated heterocycles. The first-order valence-electron chi connectivity index (χ1n) is 4.60. The van der Waals surface area contributed by atoms with Crippen LogP contribution in [-0.2, 0) is 10.0 Å². The van der Waals surface area contributed by atoms with Crippen molar-refractivity contribution in [3.63, 3.8) is 0 Å². The van der Waals surface area contributed by atoms with Gasteiger partial charge in [0, 0.05) is 6.54 Å². The van der Waals surface area contributed by atoms with Gasteiger partial charge in [0.1, 0.15) is 0 Å². The van der Waals surface area contributed by atoms with Crippen molar-refractivity contribution in [1.82, 2.24) is 9.62 Å². The second kappa shape index (κ2) is 6.34. The van der Waals surface area contributed by atoms with Gasteiger partial charge in [-0.05, 0) is 40.4 Å². The summed E-state index contributed by atoms with van der Waals surface area (Å²) in [5.41, 5.74) is 0. The van der Waals surface area contributed by atoms with E-state index < -0.39 is 10.0 Å². The van der Waals surface area contributed by atoms with E-state index in [0.29, 0.717) is 6.54 Å². The summed E-state index contributed by atoms with van der Waals surface area (Å²) in [5.74, 6) is 0.167. The van der Waals surface area contributed by atoms with Crippen LogP contribution in [0.5, 0.6) is 0 Å². The molecule has 0 aliphatic carbocycles. The molecule has 0 radical (unpaired) electrons. The number of unbranched alkanes of at least 4 members (excludes halogenated alkanes) is 1. The highest BCUT2D eigenvalue weighted by Gasteiger charge is 2.03. The van der Waals surface area contributed by atoms with Gasteiger partial charge in [-0.2, -0.15) is 0 Å². The standard InChI is InChI=1S/C8H20N2O2S/c1-4-13(11,12)9-7-5-6-8-10(2)3/h9H,4-8H2,1-3H3. The summed E-state index contributed by atoms with van der Waals surface area (Å²) < 4.78 is 24.5. The van der Waals surface area contributed by atoms with Gasteiger partial charge >= 0.3 is 0 Å². The van der Waals surface area contributed by atoms with Gasteiger partial charge in [0.15, 0.2) is 0 Å². The molecule has 0 aliphatic rings. The summed E-state index contributed by atoms with van der Waals surface area (Å²) in [4.78, 5) is 2.09. The molecule has 0 saturated carbocycles. The van der Waals surface area contributed by atoms with Gasteiger partial charge in [-0.15, -0.1) is 0 Å². The molecular formula is C8H20N2O2S. The number of hydrogen-bond donors (Lipinski definition) is 1. The number of rotatable bonds is 7. The van der Waals surface area contributed by atoms with Gasteiger partial charge < -0.3 is 4.90 Å². The fraction of sp³-hybridized carbons (Fsp3) is 1.00. The Morgan fingerprint density at radius 2 is 1.85 bits per heavy atom. The van der Waals surface area contributed by atoms with Crippen molar-refractivity contribution in [3.05, 3.63) is 0 Å². The molecule has 13 heavy (non-hydrogen) atoms. The lowest BCUT2D eigenvalue weighted by molar-refractivity contribution is 0.394. The van der Waals surface area contributed by atoms with Crippen molar-refractivity contribution in [3.8, 4) is 0 Å². The van der Waals surface area contributed by atoms with Crippen LogP contribution in [0, 0.1) is 0 Å². The molecule has 0 unspecified atom stereocenters. The number of nitrogens with one attached hydrogen (secondary N) is 1. The Morgan fingerprint density at radius 1 is 1.23 bits per heavy atom. The zero-order valence-electron chi connectivity index (χ0n) is 8.71. The van der Waals surface area contributed by atoms with Gasteiger partial charge in [0.2, 0.25) is 10.0 Å². The third-order valence-corrected chi connectivity index (χ3v) is 3.14. The molecule has 0 aromatic rings. The molecule has 0 aromatic heterocycles. The smallest absolute Gasteiger partial charge is 0.211 e. The Balaban J connectivity index is 3.37. The highest BCUT2D eigenvalue weighted by atomic mass is 32.2. The fourth-order valence-corrected chi connectivity index (χ4v) is 1.54. The van der Waals surface area contributed by atoms with E-state index in [-0.39, 0.29) is 5.75 Å². The van der Waals surface area contributed by atoms with Crippen LogP contribution in [0.15, 0.2) is 0 Å². The van der Waals surface area contributed by atoms with Crippen LogP contribution < -0.4 is 4.72 Å². The lowest BCUT2D eigenvalue weighted by atomic mass is 10.3. The molecule has 0 aliphatic heterocycles. The average molecular weight is 208 g/mol. The lowest BCUT2D eigenvalue weighted by Gasteiger charge is -2.09. The second-order valence-electron chi connectivity index (χ2n) is 3.31. The number of hydrogen-bond acceptors (Lipinski definition) is 3. The van der Waals surface area contributed by atoms with Gasteiger partial charge in [0.25, 0.3) is 0 Å². The molecular weight excluding hydrogens is 188 g/mol. The molecule has 0 fully saturated rings. The predicted octanol–water partition coefficient (Wildman–Crippen LogP) is 0.267. The molecule has 0 atom stereocenters. The molecule has 80 valence electrons.